The summed E-state index contributed by atoms with van der Waals surface area (Å²) in [5.74, 6) is 1.07. The van der Waals surface area contributed by atoms with E-state index in [1.165, 1.54) is 23.1 Å². The molecule has 1 aromatic carbocycles. The molecule has 0 radical (unpaired) electrons. The van der Waals surface area contributed by atoms with Crippen LogP contribution in [0.4, 0.5) is 5.13 Å². The van der Waals surface area contributed by atoms with Gasteiger partial charge in [-0.25, -0.2) is 0 Å². The molecule has 6 nitrogen and oxygen atoms in total. The van der Waals surface area contributed by atoms with Gasteiger partial charge in [0, 0.05) is 5.54 Å². The van der Waals surface area contributed by atoms with Crippen molar-refractivity contribution in [2.45, 2.75) is 30.6 Å². The van der Waals surface area contributed by atoms with Gasteiger partial charge in [-0.2, -0.15) is 0 Å². The minimum atomic E-state index is -0.0579. The average molecular weight is 367 g/mol. The Bertz CT molecular complexity index is 641. The standard InChI is InChI=1S/C16H22N4O2S2/c1-16(2,3)18-14-19-20-15(24-14)23-11-13(21)17-9-10-22-12-7-5-4-6-8-12/h4-8H,9-11H2,1-3H3,(H,17,21)(H,18,19). The lowest BCUT2D eigenvalue weighted by atomic mass is 10.1. The zero-order valence-corrected chi connectivity index (χ0v) is 15.7. The molecule has 0 saturated heterocycles. The lowest BCUT2D eigenvalue weighted by Gasteiger charge is -2.18. The molecule has 0 unspecified atom stereocenters. The van der Waals surface area contributed by atoms with Crippen molar-refractivity contribution in [3.05, 3.63) is 30.3 Å². The van der Waals surface area contributed by atoms with Gasteiger partial charge in [0.05, 0.1) is 12.3 Å². The molecule has 0 aliphatic heterocycles. The van der Waals surface area contributed by atoms with Gasteiger partial charge in [-0.1, -0.05) is 41.3 Å². The van der Waals surface area contributed by atoms with Gasteiger partial charge in [0.25, 0.3) is 0 Å². The smallest absolute Gasteiger partial charge is 0.230 e. The summed E-state index contributed by atoms with van der Waals surface area (Å²) in [6.07, 6.45) is 0. The molecule has 130 valence electrons. The second kappa shape index (κ2) is 8.89. The number of hydrogen-bond donors (Lipinski definition) is 2. The SMILES string of the molecule is CC(C)(C)Nc1nnc(SCC(=O)NCCOc2ccccc2)s1. The molecule has 1 amide bonds. The summed E-state index contributed by atoms with van der Waals surface area (Å²) in [7, 11) is 0. The summed E-state index contributed by atoms with van der Waals surface area (Å²) in [5, 5.41) is 15.0. The second-order valence-corrected chi connectivity index (χ2v) is 8.25. The van der Waals surface area contributed by atoms with Crippen molar-refractivity contribution in [2.24, 2.45) is 0 Å². The Balaban J connectivity index is 1.63. The largest absolute Gasteiger partial charge is 0.492 e. The predicted molar refractivity (Wildman–Crippen MR) is 99.0 cm³/mol. The Labute approximate surface area is 150 Å². The number of anilines is 1. The highest BCUT2D eigenvalue weighted by Crippen LogP contribution is 2.26. The van der Waals surface area contributed by atoms with E-state index in [0.29, 0.717) is 18.9 Å². The Morgan fingerprint density at radius 1 is 1.25 bits per heavy atom. The highest BCUT2D eigenvalue weighted by molar-refractivity contribution is 8.01. The fourth-order valence-electron chi connectivity index (χ4n) is 1.69. The number of carbonyl (C=O) groups excluding carboxylic acids is 1. The van der Waals surface area contributed by atoms with E-state index >= 15 is 0 Å². The quantitative estimate of drug-likeness (QED) is 0.552. The number of rotatable bonds is 8. The first-order valence-electron chi connectivity index (χ1n) is 7.61. The third-order valence-electron chi connectivity index (χ3n) is 2.65. The maximum absolute atomic E-state index is 11.8. The van der Waals surface area contributed by atoms with Crippen LogP contribution in [0.2, 0.25) is 0 Å². The molecule has 8 heteroatoms. The normalized spacial score (nSPS) is 11.1. The maximum Gasteiger partial charge on any atom is 0.230 e. The van der Waals surface area contributed by atoms with Crippen molar-refractivity contribution in [2.75, 3.05) is 24.2 Å². The lowest BCUT2D eigenvalue weighted by Crippen LogP contribution is -2.29. The van der Waals surface area contributed by atoms with Crippen LogP contribution in [-0.4, -0.2) is 40.5 Å². The number of nitrogens with zero attached hydrogens (tertiary/aromatic N) is 2. The molecule has 0 aliphatic carbocycles. The Kier molecular flexibility index (Phi) is 6.86. The molecule has 24 heavy (non-hydrogen) atoms. The zero-order valence-electron chi connectivity index (χ0n) is 14.0. The van der Waals surface area contributed by atoms with Crippen LogP contribution in [0.1, 0.15) is 20.8 Å². The maximum atomic E-state index is 11.8. The van der Waals surface area contributed by atoms with Crippen LogP contribution in [-0.2, 0) is 4.79 Å². The van der Waals surface area contributed by atoms with Crippen molar-refractivity contribution in [1.82, 2.24) is 15.5 Å². The number of benzene rings is 1. The highest BCUT2D eigenvalue weighted by atomic mass is 32.2. The molecule has 2 N–H and O–H groups in total. The van der Waals surface area contributed by atoms with Crippen LogP contribution in [0.5, 0.6) is 5.75 Å². The molecule has 0 saturated carbocycles. The van der Waals surface area contributed by atoms with E-state index in [1.807, 2.05) is 30.3 Å². The summed E-state index contributed by atoms with van der Waals surface area (Å²) in [5.41, 5.74) is -0.0579. The highest BCUT2D eigenvalue weighted by Gasteiger charge is 2.13. The number of nitrogens with one attached hydrogen (secondary N) is 2. The number of para-hydroxylation sites is 1. The number of carbonyl (C=O) groups is 1. The molecular weight excluding hydrogens is 344 g/mol. The lowest BCUT2D eigenvalue weighted by molar-refractivity contribution is -0.118. The molecule has 0 spiro atoms. The summed E-state index contributed by atoms with van der Waals surface area (Å²) in [4.78, 5) is 11.8. The van der Waals surface area contributed by atoms with Crippen molar-refractivity contribution < 1.29 is 9.53 Å². The third-order valence-corrected chi connectivity index (χ3v) is 4.62. The van der Waals surface area contributed by atoms with Crippen LogP contribution in [0.15, 0.2) is 34.7 Å². The first kappa shape index (κ1) is 18.5. The fraction of sp³-hybridized carbons (Fsp3) is 0.438. The van der Waals surface area contributed by atoms with Gasteiger partial charge >= 0.3 is 0 Å². The molecule has 0 aliphatic rings. The number of amides is 1. The van der Waals surface area contributed by atoms with Gasteiger partial charge in [-0.3, -0.25) is 4.79 Å². The molecule has 0 atom stereocenters. The van der Waals surface area contributed by atoms with Gasteiger partial charge in [-0.15, -0.1) is 10.2 Å². The fourth-order valence-corrected chi connectivity index (χ4v) is 3.48. The van der Waals surface area contributed by atoms with Crippen LogP contribution < -0.4 is 15.4 Å². The molecule has 2 aromatic rings. The van der Waals surface area contributed by atoms with E-state index in [9.17, 15) is 4.79 Å². The molecule has 2 rings (SSSR count). The predicted octanol–water partition coefficient (Wildman–Crippen LogP) is 3.04. The Morgan fingerprint density at radius 2 is 2.00 bits per heavy atom. The van der Waals surface area contributed by atoms with E-state index in [4.69, 9.17) is 4.74 Å². The van der Waals surface area contributed by atoms with E-state index in [1.54, 1.807) is 0 Å². The van der Waals surface area contributed by atoms with Crippen molar-refractivity contribution in [1.29, 1.82) is 0 Å². The number of aromatic nitrogens is 2. The third kappa shape index (κ3) is 7.18. The van der Waals surface area contributed by atoms with Gasteiger partial charge in [-0.05, 0) is 32.9 Å². The van der Waals surface area contributed by atoms with E-state index in [2.05, 4.69) is 41.6 Å². The minimum absolute atomic E-state index is 0.0443. The summed E-state index contributed by atoms with van der Waals surface area (Å²) >= 11 is 2.83. The van der Waals surface area contributed by atoms with Crippen molar-refractivity contribution in [3.63, 3.8) is 0 Å². The zero-order chi connectivity index (χ0) is 17.4. The van der Waals surface area contributed by atoms with E-state index in [-0.39, 0.29) is 11.4 Å². The molecule has 0 bridgehead atoms. The minimum Gasteiger partial charge on any atom is -0.492 e. The summed E-state index contributed by atoms with van der Waals surface area (Å²) in [6, 6.07) is 9.53. The van der Waals surface area contributed by atoms with Gasteiger partial charge in [0.2, 0.25) is 11.0 Å². The molecule has 1 aromatic heterocycles. The molecule has 1 heterocycles. The molecule has 0 fully saturated rings. The van der Waals surface area contributed by atoms with Crippen LogP contribution in [0, 0.1) is 0 Å². The van der Waals surface area contributed by atoms with E-state index in [0.717, 1.165) is 15.2 Å². The second-order valence-electron chi connectivity index (χ2n) is 6.05. The van der Waals surface area contributed by atoms with Gasteiger partial charge < -0.3 is 15.4 Å². The first-order valence-corrected chi connectivity index (χ1v) is 9.42. The summed E-state index contributed by atoms with van der Waals surface area (Å²) in [6.45, 7) is 7.10. The van der Waals surface area contributed by atoms with Crippen LogP contribution >= 0.6 is 23.1 Å². The Morgan fingerprint density at radius 3 is 2.71 bits per heavy atom. The van der Waals surface area contributed by atoms with Crippen molar-refractivity contribution in [3.8, 4) is 5.75 Å². The number of thioether (sulfide) groups is 1. The monoisotopic (exact) mass is 366 g/mol. The van der Waals surface area contributed by atoms with Crippen LogP contribution in [0.25, 0.3) is 0 Å². The van der Waals surface area contributed by atoms with Gasteiger partial charge in [0.1, 0.15) is 12.4 Å². The van der Waals surface area contributed by atoms with Crippen LogP contribution in [0.3, 0.4) is 0 Å². The number of hydrogen-bond acceptors (Lipinski definition) is 7. The molecular formula is C16H22N4O2S2. The van der Waals surface area contributed by atoms with Crippen molar-refractivity contribution >= 4 is 34.1 Å². The average Bonchev–Trinajstić information content (AvgIpc) is 2.96. The first-order chi connectivity index (χ1) is 11.4. The topological polar surface area (TPSA) is 76.1 Å². The Hall–Kier alpha value is -1.80. The van der Waals surface area contributed by atoms with Gasteiger partial charge in [0.15, 0.2) is 4.34 Å². The number of ether oxygens (including phenoxy) is 1. The summed E-state index contributed by atoms with van der Waals surface area (Å²) < 4.78 is 6.29. The van der Waals surface area contributed by atoms with E-state index < -0.39 is 0 Å².